The summed E-state index contributed by atoms with van der Waals surface area (Å²) in [5.74, 6) is 0.326. The number of halogens is 4. The van der Waals surface area contributed by atoms with E-state index in [9.17, 15) is 18.3 Å². The molecule has 2 aromatic carbocycles. The molecular weight excluding hydrogens is 433 g/mol. The molecule has 0 amide bonds. The van der Waals surface area contributed by atoms with E-state index in [0.717, 1.165) is 6.42 Å². The molecule has 6 nitrogen and oxygen atoms in total. The van der Waals surface area contributed by atoms with Crippen molar-refractivity contribution in [2.45, 2.75) is 32.7 Å². The predicted octanol–water partition coefficient (Wildman–Crippen LogP) is 6.36. The summed E-state index contributed by atoms with van der Waals surface area (Å²) in [6.07, 6.45) is -3.98. The zero-order valence-electron chi connectivity index (χ0n) is 16.7. The number of phenolic OH excluding ortho intramolecular Hbond substituents is 1. The van der Waals surface area contributed by atoms with Gasteiger partial charge in [0.05, 0.1) is 16.4 Å². The minimum atomic E-state index is -4.80. The molecule has 0 aliphatic heterocycles. The summed E-state index contributed by atoms with van der Waals surface area (Å²) in [6.45, 7) is 3.95. The van der Waals surface area contributed by atoms with Crippen LogP contribution < -0.4 is 15.4 Å². The predicted molar refractivity (Wildman–Crippen MR) is 114 cm³/mol. The summed E-state index contributed by atoms with van der Waals surface area (Å²) in [5.41, 5.74) is 1.29. The fraction of sp³-hybridized carbons (Fsp3) is 0.238. The molecule has 0 radical (unpaired) electrons. The molecule has 3 N–H and O–H groups in total. The molecule has 1 heterocycles. The molecular formula is C21H20ClF3N4O2. The molecule has 3 rings (SSSR count). The number of anilines is 3. The summed E-state index contributed by atoms with van der Waals surface area (Å²) >= 11 is 6.16. The maximum atomic E-state index is 12.6. The Hall–Kier alpha value is -3.20. The third kappa shape index (κ3) is 6.39. The van der Waals surface area contributed by atoms with Gasteiger partial charge in [-0.25, -0.2) is 4.98 Å². The number of phenols is 1. The minimum Gasteiger partial charge on any atom is -0.508 e. The number of aromatic nitrogens is 2. The molecule has 0 spiro atoms. The smallest absolute Gasteiger partial charge is 0.508 e. The van der Waals surface area contributed by atoms with Gasteiger partial charge >= 0.3 is 6.36 Å². The number of nitrogens with one attached hydrogen (secondary N) is 2. The van der Waals surface area contributed by atoms with Gasteiger partial charge in [-0.2, -0.15) is 4.98 Å². The highest BCUT2D eigenvalue weighted by atomic mass is 35.5. The van der Waals surface area contributed by atoms with Crippen LogP contribution in [0.25, 0.3) is 11.3 Å². The minimum absolute atomic E-state index is 0.0135. The Morgan fingerprint density at radius 1 is 1.13 bits per heavy atom. The standard InChI is InChI=1S/C21H20ClF3N4O2/c1-3-12(2)26-20-28-18(13-5-4-6-15(9-13)31-21(23,24)25)11-19(29-20)27-17-8-7-14(30)10-16(17)22/h4-12,30H,3H2,1-2H3,(H2,26,27,28,29)/t12-/m0/s1. The highest BCUT2D eigenvalue weighted by Gasteiger charge is 2.31. The summed E-state index contributed by atoms with van der Waals surface area (Å²) in [5, 5.41) is 16.0. The Balaban J connectivity index is 2.00. The summed E-state index contributed by atoms with van der Waals surface area (Å²) in [7, 11) is 0. The molecule has 3 aromatic rings. The first kappa shape index (κ1) is 22.5. The maximum Gasteiger partial charge on any atom is 0.573 e. The number of alkyl halides is 3. The number of hydrogen-bond donors (Lipinski definition) is 3. The van der Waals surface area contributed by atoms with Crippen molar-refractivity contribution in [1.29, 1.82) is 0 Å². The van der Waals surface area contributed by atoms with E-state index in [1.54, 1.807) is 18.2 Å². The number of nitrogens with zero attached hydrogens (tertiary/aromatic N) is 2. The molecule has 1 atom stereocenters. The SMILES string of the molecule is CC[C@H](C)Nc1nc(Nc2ccc(O)cc2Cl)cc(-c2cccc(OC(F)(F)F)c2)n1. The van der Waals surface area contributed by atoms with E-state index in [1.165, 1.54) is 30.3 Å². The lowest BCUT2D eigenvalue weighted by Gasteiger charge is -2.15. The second kappa shape index (κ2) is 9.30. The first-order chi connectivity index (χ1) is 14.6. The molecule has 0 saturated carbocycles. The van der Waals surface area contributed by atoms with Gasteiger partial charge in [0.1, 0.15) is 17.3 Å². The van der Waals surface area contributed by atoms with Gasteiger partial charge in [-0.1, -0.05) is 30.7 Å². The molecule has 10 heteroatoms. The third-order valence-corrected chi connectivity index (χ3v) is 4.61. The Labute approximate surface area is 182 Å². The number of benzene rings is 2. The van der Waals surface area contributed by atoms with Crippen LogP contribution in [0.5, 0.6) is 11.5 Å². The first-order valence-corrected chi connectivity index (χ1v) is 9.78. The number of rotatable bonds is 7. The van der Waals surface area contributed by atoms with E-state index < -0.39 is 6.36 Å². The molecule has 0 fully saturated rings. The summed E-state index contributed by atoms with van der Waals surface area (Å²) in [6, 6.07) is 11.6. The average molecular weight is 453 g/mol. The van der Waals surface area contributed by atoms with Crippen molar-refractivity contribution in [2.75, 3.05) is 10.6 Å². The van der Waals surface area contributed by atoms with Gasteiger partial charge in [0.2, 0.25) is 5.95 Å². The van der Waals surface area contributed by atoms with Crippen molar-refractivity contribution >= 4 is 29.1 Å². The Morgan fingerprint density at radius 3 is 2.58 bits per heavy atom. The molecule has 0 saturated heterocycles. The Morgan fingerprint density at radius 2 is 1.90 bits per heavy atom. The second-order valence-electron chi connectivity index (χ2n) is 6.78. The van der Waals surface area contributed by atoms with Crippen molar-refractivity contribution < 1.29 is 23.0 Å². The number of hydrogen-bond acceptors (Lipinski definition) is 6. The molecule has 0 aliphatic carbocycles. The average Bonchev–Trinajstić information content (AvgIpc) is 2.69. The number of ether oxygens (including phenoxy) is 1. The zero-order chi connectivity index (χ0) is 22.6. The van der Waals surface area contributed by atoms with Crippen molar-refractivity contribution in [3.05, 3.63) is 53.6 Å². The normalized spacial score (nSPS) is 12.3. The highest BCUT2D eigenvalue weighted by Crippen LogP contribution is 2.32. The van der Waals surface area contributed by atoms with Crippen molar-refractivity contribution in [3.8, 4) is 22.8 Å². The lowest BCUT2D eigenvalue weighted by molar-refractivity contribution is -0.274. The van der Waals surface area contributed by atoms with Crippen LogP contribution in [0.3, 0.4) is 0 Å². The van der Waals surface area contributed by atoms with Crippen LogP contribution >= 0.6 is 11.6 Å². The fourth-order valence-corrected chi connectivity index (χ4v) is 2.86. The lowest BCUT2D eigenvalue weighted by Crippen LogP contribution is -2.17. The van der Waals surface area contributed by atoms with Gasteiger partial charge in [-0.05, 0) is 37.6 Å². The molecule has 164 valence electrons. The molecule has 1 aromatic heterocycles. The summed E-state index contributed by atoms with van der Waals surface area (Å²) < 4.78 is 41.8. The zero-order valence-corrected chi connectivity index (χ0v) is 17.4. The van der Waals surface area contributed by atoms with E-state index in [0.29, 0.717) is 28.7 Å². The van der Waals surface area contributed by atoms with Crippen molar-refractivity contribution in [1.82, 2.24) is 9.97 Å². The maximum absolute atomic E-state index is 12.6. The lowest BCUT2D eigenvalue weighted by atomic mass is 10.1. The Kier molecular flexibility index (Phi) is 6.74. The van der Waals surface area contributed by atoms with Crippen LogP contribution in [0.4, 0.5) is 30.6 Å². The van der Waals surface area contributed by atoms with E-state index in [2.05, 4.69) is 25.3 Å². The third-order valence-electron chi connectivity index (χ3n) is 4.29. The van der Waals surface area contributed by atoms with Gasteiger partial charge in [0.25, 0.3) is 0 Å². The van der Waals surface area contributed by atoms with Crippen LogP contribution in [0.2, 0.25) is 5.02 Å². The number of aromatic hydroxyl groups is 1. The molecule has 0 aliphatic rings. The van der Waals surface area contributed by atoms with E-state index in [-0.39, 0.29) is 22.6 Å². The largest absolute Gasteiger partial charge is 0.573 e. The van der Waals surface area contributed by atoms with Gasteiger partial charge in [0.15, 0.2) is 0 Å². The van der Waals surface area contributed by atoms with Crippen LogP contribution in [-0.2, 0) is 0 Å². The van der Waals surface area contributed by atoms with Crippen molar-refractivity contribution in [3.63, 3.8) is 0 Å². The van der Waals surface area contributed by atoms with Gasteiger partial charge in [-0.3, -0.25) is 0 Å². The van der Waals surface area contributed by atoms with Gasteiger partial charge < -0.3 is 20.5 Å². The fourth-order valence-electron chi connectivity index (χ4n) is 2.64. The quantitative estimate of drug-likeness (QED) is 0.362. The van der Waals surface area contributed by atoms with Gasteiger partial charge in [0, 0.05) is 23.7 Å². The monoisotopic (exact) mass is 452 g/mol. The molecule has 0 unspecified atom stereocenters. The van der Waals surface area contributed by atoms with E-state index in [1.807, 2.05) is 13.8 Å². The Bertz CT molecular complexity index is 1060. The van der Waals surface area contributed by atoms with Gasteiger partial charge in [-0.15, -0.1) is 13.2 Å². The molecule has 31 heavy (non-hydrogen) atoms. The summed E-state index contributed by atoms with van der Waals surface area (Å²) in [4.78, 5) is 8.86. The van der Waals surface area contributed by atoms with Crippen LogP contribution in [0, 0.1) is 0 Å². The topological polar surface area (TPSA) is 79.3 Å². The van der Waals surface area contributed by atoms with Crippen LogP contribution in [-0.4, -0.2) is 27.5 Å². The van der Waals surface area contributed by atoms with Crippen LogP contribution in [0.15, 0.2) is 48.5 Å². The van der Waals surface area contributed by atoms with Crippen LogP contribution in [0.1, 0.15) is 20.3 Å². The second-order valence-corrected chi connectivity index (χ2v) is 7.19. The van der Waals surface area contributed by atoms with Crippen molar-refractivity contribution in [2.24, 2.45) is 0 Å². The molecule has 0 bridgehead atoms. The van der Waals surface area contributed by atoms with E-state index in [4.69, 9.17) is 11.6 Å². The first-order valence-electron chi connectivity index (χ1n) is 9.40. The highest BCUT2D eigenvalue weighted by molar-refractivity contribution is 6.33. The van der Waals surface area contributed by atoms with E-state index >= 15 is 0 Å².